The summed E-state index contributed by atoms with van der Waals surface area (Å²) in [5.41, 5.74) is 10.4. The number of hydrogen-bond donors (Lipinski definition) is 2. The summed E-state index contributed by atoms with van der Waals surface area (Å²) in [5.74, 6) is -0.944. The van der Waals surface area contributed by atoms with Crippen molar-refractivity contribution < 1.29 is 13.2 Å². The molecule has 2 rings (SSSR count). The third-order valence-electron chi connectivity index (χ3n) is 2.54. The number of nitrogens with two attached hydrogens (primary N) is 2. The van der Waals surface area contributed by atoms with Gasteiger partial charge in [0.1, 0.15) is 0 Å². The van der Waals surface area contributed by atoms with Crippen LogP contribution in [0.2, 0.25) is 0 Å². The molecule has 1 unspecified atom stereocenters. The highest BCUT2D eigenvalue weighted by molar-refractivity contribution is 8.03. The number of thioether (sulfide) groups is 1. The fourth-order valence-electron chi connectivity index (χ4n) is 1.81. The second kappa shape index (κ2) is 4.86. The van der Waals surface area contributed by atoms with Gasteiger partial charge in [0.2, 0.25) is 0 Å². The first kappa shape index (κ1) is 13.9. The van der Waals surface area contributed by atoms with Crippen molar-refractivity contribution in [2.45, 2.75) is 22.0 Å². The second-order valence-electron chi connectivity index (χ2n) is 4.21. The summed E-state index contributed by atoms with van der Waals surface area (Å²) in [7, 11) is -3.36. The molecule has 0 spiro atoms. The van der Waals surface area contributed by atoms with Gasteiger partial charge in [-0.2, -0.15) is 4.99 Å². The van der Waals surface area contributed by atoms with Crippen molar-refractivity contribution >= 4 is 33.5 Å². The van der Waals surface area contributed by atoms with Crippen LogP contribution < -0.4 is 11.5 Å². The third kappa shape index (κ3) is 2.90. The van der Waals surface area contributed by atoms with Crippen LogP contribution in [-0.4, -0.2) is 31.3 Å². The lowest BCUT2D eigenvalue weighted by atomic mass is 10.2. The van der Waals surface area contributed by atoms with E-state index < -0.39 is 15.7 Å². The summed E-state index contributed by atoms with van der Waals surface area (Å²) >= 11 is 1.47. The van der Waals surface area contributed by atoms with Crippen LogP contribution in [0.25, 0.3) is 0 Å². The van der Waals surface area contributed by atoms with Crippen LogP contribution in [0.15, 0.2) is 33.0 Å². The molecule has 0 aromatic heterocycles. The molecule has 6 nitrogen and oxygen atoms in total. The van der Waals surface area contributed by atoms with Crippen LogP contribution >= 0.6 is 11.8 Å². The summed E-state index contributed by atoms with van der Waals surface area (Å²) in [6.07, 6.45) is 0. The predicted octanol–water partition coefficient (Wildman–Crippen LogP) is 0.368. The van der Waals surface area contributed by atoms with Crippen molar-refractivity contribution in [3.8, 4) is 0 Å². The molecule has 1 aromatic carbocycles. The van der Waals surface area contributed by atoms with Gasteiger partial charge in [-0.05, 0) is 18.2 Å². The lowest BCUT2D eigenvalue weighted by Gasteiger charge is -2.21. The molecule has 1 aromatic rings. The minimum Gasteiger partial charge on any atom is -0.370 e. The zero-order valence-corrected chi connectivity index (χ0v) is 11.8. The normalized spacial score (nSPS) is 20.4. The fraction of sp³-hybridized carbons (Fsp3) is 0.273. The van der Waals surface area contributed by atoms with Crippen LogP contribution in [0.5, 0.6) is 0 Å². The second-order valence-corrected chi connectivity index (χ2v) is 7.70. The number of nitrogens with zero attached hydrogens (tertiary/aromatic N) is 1. The SMILES string of the molecule is CC1CS(=O)(=O)c2cc(C(=O)N=C(N)N)ccc2S1. The highest BCUT2D eigenvalue weighted by Crippen LogP contribution is 2.37. The minimum absolute atomic E-state index is 0.00300. The van der Waals surface area contributed by atoms with Crippen molar-refractivity contribution in [3.05, 3.63) is 23.8 Å². The van der Waals surface area contributed by atoms with Gasteiger partial charge in [0.05, 0.1) is 10.6 Å². The maximum absolute atomic E-state index is 12.1. The fourth-order valence-corrected chi connectivity index (χ4v) is 5.38. The maximum Gasteiger partial charge on any atom is 0.280 e. The number of hydrogen-bond acceptors (Lipinski definition) is 4. The highest BCUT2D eigenvalue weighted by Gasteiger charge is 2.29. The van der Waals surface area contributed by atoms with E-state index in [0.717, 1.165) is 0 Å². The third-order valence-corrected chi connectivity index (χ3v) is 6.00. The quantitative estimate of drug-likeness (QED) is 0.571. The Balaban J connectivity index is 2.50. The van der Waals surface area contributed by atoms with Gasteiger partial charge in [0, 0.05) is 15.7 Å². The van der Waals surface area contributed by atoms with E-state index in [9.17, 15) is 13.2 Å². The van der Waals surface area contributed by atoms with E-state index in [2.05, 4.69) is 4.99 Å². The Morgan fingerprint density at radius 1 is 1.42 bits per heavy atom. The zero-order chi connectivity index (χ0) is 14.2. The van der Waals surface area contributed by atoms with Crippen LogP contribution in [0, 0.1) is 0 Å². The smallest absolute Gasteiger partial charge is 0.280 e. The maximum atomic E-state index is 12.1. The molecule has 8 heteroatoms. The summed E-state index contributed by atoms with van der Waals surface area (Å²) in [6.45, 7) is 1.85. The Kier molecular flexibility index (Phi) is 3.55. The molecular formula is C11H13N3O3S2. The zero-order valence-electron chi connectivity index (χ0n) is 10.2. The topological polar surface area (TPSA) is 116 Å². The Morgan fingerprint density at radius 3 is 2.74 bits per heavy atom. The van der Waals surface area contributed by atoms with Crippen LogP contribution in [0.1, 0.15) is 17.3 Å². The molecule has 0 saturated carbocycles. The lowest BCUT2D eigenvalue weighted by molar-refractivity contribution is 0.100. The largest absolute Gasteiger partial charge is 0.370 e. The van der Waals surface area contributed by atoms with E-state index in [4.69, 9.17) is 11.5 Å². The average Bonchev–Trinajstić information content (AvgIpc) is 2.26. The van der Waals surface area contributed by atoms with E-state index in [1.807, 2.05) is 6.92 Å². The monoisotopic (exact) mass is 299 g/mol. The van der Waals surface area contributed by atoms with Crippen molar-refractivity contribution in [3.63, 3.8) is 0 Å². The van der Waals surface area contributed by atoms with E-state index in [1.54, 1.807) is 6.07 Å². The number of fused-ring (bicyclic) bond motifs is 1. The van der Waals surface area contributed by atoms with E-state index in [1.165, 1.54) is 23.9 Å². The molecule has 1 heterocycles. The molecule has 0 fully saturated rings. The van der Waals surface area contributed by atoms with Gasteiger partial charge in [-0.15, -0.1) is 11.8 Å². The van der Waals surface area contributed by atoms with Gasteiger partial charge >= 0.3 is 0 Å². The first-order chi connectivity index (χ1) is 8.79. The van der Waals surface area contributed by atoms with Gasteiger partial charge < -0.3 is 11.5 Å². The first-order valence-corrected chi connectivity index (χ1v) is 8.00. The Labute approximate surface area is 115 Å². The summed E-state index contributed by atoms with van der Waals surface area (Å²) in [6, 6.07) is 4.47. The Hall–Kier alpha value is -1.54. The van der Waals surface area contributed by atoms with Crippen molar-refractivity contribution in [2.75, 3.05) is 5.75 Å². The molecule has 1 aliphatic rings. The number of carbonyl (C=O) groups excluding carboxylic acids is 1. The van der Waals surface area contributed by atoms with Crippen LogP contribution in [0.3, 0.4) is 0 Å². The molecule has 1 amide bonds. The van der Waals surface area contributed by atoms with Crippen molar-refractivity contribution in [2.24, 2.45) is 16.5 Å². The van der Waals surface area contributed by atoms with Crippen molar-refractivity contribution in [1.29, 1.82) is 0 Å². The Bertz CT molecular complexity index is 664. The highest BCUT2D eigenvalue weighted by atomic mass is 32.2. The number of carbonyl (C=O) groups is 1. The molecule has 1 atom stereocenters. The number of sulfone groups is 1. The van der Waals surface area contributed by atoms with Gasteiger partial charge in [-0.1, -0.05) is 6.92 Å². The molecule has 1 aliphatic heterocycles. The average molecular weight is 299 g/mol. The van der Waals surface area contributed by atoms with E-state index >= 15 is 0 Å². The molecule has 4 N–H and O–H groups in total. The summed E-state index contributed by atoms with van der Waals surface area (Å²) < 4.78 is 24.1. The molecule has 0 saturated heterocycles. The summed E-state index contributed by atoms with van der Waals surface area (Å²) in [4.78, 5) is 15.9. The van der Waals surface area contributed by atoms with Gasteiger partial charge in [-0.25, -0.2) is 8.42 Å². The first-order valence-electron chi connectivity index (χ1n) is 5.47. The van der Waals surface area contributed by atoms with Gasteiger partial charge in [0.15, 0.2) is 15.8 Å². The number of rotatable bonds is 1. The number of guanidine groups is 1. The summed E-state index contributed by atoms with van der Waals surface area (Å²) in [5, 5.41) is -0.00300. The van der Waals surface area contributed by atoms with E-state index in [0.29, 0.717) is 4.90 Å². The molecule has 102 valence electrons. The standard InChI is InChI=1S/C11H13N3O3S2/c1-6-5-19(16,17)9-4-7(2-3-8(9)18-6)10(15)14-11(12)13/h2-4,6H,5H2,1H3,(H4,12,13,14,15). The van der Waals surface area contributed by atoms with Crippen LogP contribution in [0.4, 0.5) is 0 Å². The predicted molar refractivity (Wildman–Crippen MR) is 74.0 cm³/mol. The van der Waals surface area contributed by atoms with Crippen LogP contribution in [-0.2, 0) is 9.84 Å². The molecule has 0 bridgehead atoms. The van der Waals surface area contributed by atoms with Gasteiger partial charge in [0.25, 0.3) is 5.91 Å². The molecule has 0 radical (unpaired) electrons. The molecule has 0 aliphatic carbocycles. The molecule has 19 heavy (non-hydrogen) atoms. The number of aliphatic imine (C=N–C) groups is 1. The number of benzene rings is 1. The lowest BCUT2D eigenvalue weighted by Crippen LogP contribution is -2.24. The van der Waals surface area contributed by atoms with E-state index in [-0.39, 0.29) is 27.4 Å². The minimum atomic E-state index is -3.36. The Morgan fingerprint density at radius 2 is 2.11 bits per heavy atom. The number of amides is 1. The van der Waals surface area contributed by atoms with Gasteiger partial charge in [-0.3, -0.25) is 4.79 Å². The van der Waals surface area contributed by atoms with Crippen molar-refractivity contribution in [1.82, 2.24) is 0 Å². The molecular weight excluding hydrogens is 286 g/mol.